The van der Waals surface area contributed by atoms with Crippen LogP contribution < -0.4 is 4.90 Å². The molecule has 3 rings (SSSR count). The molecule has 1 aromatic rings. The molecule has 6 heteroatoms. The van der Waals surface area contributed by atoms with Gasteiger partial charge in [0.1, 0.15) is 5.41 Å². The molecule has 2 aliphatic rings. The first-order valence-corrected chi connectivity index (χ1v) is 7.71. The number of anilines is 1. The van der Waals surface area contributed by atoms with E-state index in [2.05, 4.69) is 0 Å². The third-order valence-corrected chi connectivity index (χ3v) is 4.86. The van der Waals surface area contributed by atoms with Crippen LogP contribution >= 0.6 is 0 Å². The first-order valence-electron chi connectivity index (χ1n) is 7.71. The van der Waals surface area contributed by atoms with Gasteiger partial charge >= 0.3 is 5.97 Å². The fourth-order valence-electron chi connectivity index (χ4n) is 3.48. The van der Waals surface area contributed by atoms with Gasteiger partial charge in [-0.05, 0) is 18.2 Å². The Kier molecular flexibility index (Phi) is 4.02. The molecule has 2 heterocycles. The van der Waals surface area contributed by atoms with E-state index in [-0.39, 0.29) is 17.8 Å². The summed E-state index contributed by atoms with van der Waals surface area (Å²) in [6.45, 7) is 1.71. The maximum Gasteiger partial charge on any atom is 0.316 e. The van der Waals surface area contributed by atoms with E-state index in [1.54, 1.807) is 4.90 Å². The van der Waals surface area contributed by atoms with Gasteiger partial charge in [0.05, 0.1) is 20.3 Å². The average molecular weight is 318 g/mol. The van der Waals surface area contributed by atoms with E-state index in [9.17, 15) is 9.59 Å². The number of fused-ring (bicyclic) bond motifs is 1. The molecule has 0 saturated carbocycles. The van der Waals surface area contributed by atoms with Gasteiger partial charge in [0.15, 0.2) is 0 Å². The van der Waals surface area contributed by atoms with Crippen LogP contribution in [0.3, 0.4) is 0 Å². The minimum absolute atomic E-state index is 0.0101. The zero-order valence-corrected chi connectivity index (χ0v) is 13.7. The number of amides is 1. The summed E-state index contributed by atoms with van der Waals surface area (Å²) in [5.74, 6) is -0.320. The van der Waals surface area contributed by atoms with Crippen molar-refractivity contribution in [3.05, 3.63) is 29.8 Å². The predicted molar refractivity (Wildman–Crippen MR) is 85.4 cm³/mol. The summed E-state index contributed by atoms with van der Waals surface area (Å²) in [6.07, 6.45) is 0. The van der Waals surface area contributed by atoms with Crippen molar-refractivity contribution in [1.29, 1.82) is 0 Å². The van der Waals surface area contributed by atoms with Gasteiger partial charge in [0.25, 0.3) is 5.91 Å². The number of nitrogens with zero attached hydrogens (tertiary/aromatic N) is 2. The monoisotopic (exact) mass is 318 g/mol. The third-order valence-electron chi connectivity index (χ3n) is 4.86. The van der Waals surface area contributed by atoms with E-state index >= 15 is 0 Å². The number of esters is 1. The summed E-state index contributed by atoms with van der Waals surface area (Å²) in [4.78, 5) is 28.7. The van der Waals surface area contributed by atoms with E-state index in [1.165, 1.54) is 7.11 Å². The molecule has 0 spiro atoms. The largest absolute Gasteiger partial charge is 0.468 e. The zero-order valence-electron chi connectivity index (χ0n) is 13.7. The highest BCUT2D eigenvalue weighted by atomic mass is 16.5. The number of hydrogen-bond donors (Lipinski definition) is 0. The average Bonchev–Trinajstić information content (AvgIpc) is 3.11. The van der Waals surface area contributed by atoms with Crippen molar-refractivity contribution in [2.45, 2.75) is 0 Å². The summed E-state index contributed by atoms with van der Waals surface area (Å²) < 4.78 is 10.4. The molecule has 23 heavy (non-hydrogen) atoms. The molecule has 0 aromatic heterocycles. The van der Waals surface area contributed by atoms with E-state index in [0.717, 1.165) is 5.69 Å². The molecule has 2 fully saturated rings. The van der Waals surface area contributed by atoms with Crippen LogP contribution in [0.5, 0.6) is 0 Å². The Morgan fingerprint density at radius 3 is 2.87 bits per heavy atom. The van der Waals surface area contributed by atoms with Crippen LogP contribution in [-0.2, 0) is 14.3 Å². The summed E-state index contributed by atoms with van der Waals surface area (Å²) in [5, 5.41) is 0. The first-order chi connectivity index (χ1) is 11.0. The number of methoxy groups -OCH3 is 1. The lowest BCUT2D eigenvalue weighted by atomic mass is 9.81. The molecular weight excluding hydrogens is 296 g/mol. The van der Waals surface area contributed by atoms with Crippen LogP contribution in [0.25, 0.3) is 0 Å². The number of hydrogen-bond acceptors (Lipinski definition) is 5. The molecule has 0 bridgehead atoms. The summed E-state index contributed by atoms with van der Waals surface area (Å²) in [6, 6.07) is 7.51. The van der Waals surface area contributed by atoms with Gasteiger partial charge in [0, 0.05) is 44.4 Å². The van der Waals surface area contributed by atoms with E-state index < -0.39 is 5.41 Å². The summed E-state index contributed by atoms with van der Waals surface area (Å²) in [5.41, 5.74) is 0.905. The van der Waals surface area contributed by atoms with E-state index in [1.807, 2.05) is 43.3 Å². The number of benzene rings is 1. The molecule has 0 unspecified atom stereocenters. The lowest BCUT2D eigenvalue weighted by Gasteiger charge is -2.24. The standard InChI is InChI=1S/C17H22N2O4/c1-18(2)14-6-4-5-12(7-14)15(20)19-8-13-9-23-11-17(13,10-19)16(21)22-3/h4-7,13H,8-11H2,1-3H3/t13-,17-/m0/s1. The Bertz CT molecular complexity index is 631. The fraction of sp³-hybridized carbons (Fsp3) is 0.529. The van der Waals surface area contributed by atoms with Crippen LogP contribution in [-0.4, -0.2) is 64.3 Å². The number of ether oxygens (including phenoxy) is 2. The summed E-state index contributed by atoms with van der Waals surface area (Å²) >= 11 is 0. The molecule has 124 valence electrons. The van der Waals surface area contributed by atoms with Crippen molar-refractivity contribution < 1.29 is 19.1 Å². The fourth-order valence-corrected chi connectivity index (χ4v) is 3.48. The van der Waals surface area contributed by atoms with Crippen LogP contribution in [0.2, 0.25) is 0 Å². The van der Waals surface area contributed by atoms with Gasteiger partial charge in [-0.25, -0.2) is 0 Å². The lowest BCUT2D eigenvalue weighted by Crippen LogP contribution is -2.41. The van der Waals surface area contributed by atoms with Crippen molar-refractivity contribution in [1.82, 2.24) is 4.90 Å². The van der Waals surface area contributed by atoms with Crippen molar-refractivity contribution in [3.63, 3.8) is 0 Å². The zero-order chi connectivity index (χ0) is 16.6. The quantitative estimate of drug-likeness (QED) is 0.779. The predicted octanol–water partition coefficient (Wildman–Crippen LogP) is 1.01. The Labute approximate surface area is 136 Å². The van der Waals surface area contributed by atoms with Crippen molar-refractivity contribution >= 4 is 17.6 Å². The topological polar surface area (TPSA) is 59.1 Å². The van der Waals surface area contributed by atoms with E-state index in [0.29, 0.717) is 31.9 Å². The lowest BCUT2D eigenvalue weighted by molar-refractivity contribution is -0.153. The van der Waals surface area contributed by atoms with Crippen LogP contribution in [0, 0.1) is 11.3 Å². The van der Waals surface area contributed by atoms with Gasteiger partial charge in [-0.2, -0.15) is 0 Å². The highest BCUT2D eigenvalue weighted by Crippen LogP contribution is 2.42. The Balaban J connectivity index is 1.82. The molecular formula is C17H22N2O4. The van der Waals surface area contributed by atoms with Gasteiger partial charge in [-0.1, -0.05) is 6.07 Å². The molecule has 0 N–H and O–H groups in total. The SMILES string of the molecule is COC(=O)[C@@]12COC[C@@H]1CN(C(=O)c1cccc(N(C)C)c1)C2. The smallest absolute Gasteiger partial charge is 0.316 e. The Morgan fingerprint density at radius 2 is 2.17 bits per heavy atom. The van der Waals surface area contributed by atoms with Crippen LogP contribution in [0.15, 0.2) is 24.3 Å². The number of carbonyl (C=O) groups excluding carboxylic acids is 2. The highest BCUT2D eigenvalue weighted by Gasteiger charge is 2.57. The number of rotatable bonds is 3. The second kappa shape index (κ2) is 5.85. The molecule has 2 atom stereocenters. The Morgan fingerprint density at radius 1 is 1.39 bits per heavy atom. The Hall–Kier alpha value is -2.08. The molecule has 2 aliphatic heterocycles. The second-order valence-electron chi connectivity index (χ2n) is 6.49. The van der Waals surface area contributed by atoms with Gasteiger partial charge in [-0.3, -0.25) is 9.59 Å². The molecule has 1 aromatic carbocycles. The maximum atomic E-state index is 12.8. The normalized spacial score (nSPS) is 26.0. The molecule has 0 aliphatic carbocycles. The van der Waals surface area contributed by atoms with Crippen molar-refractivity contribution in [3.8, 4) is 0 Å². The molecule has 1 amide bonds. The van der Waals surface area contributed by atoms with E-state index in [4.69, 9.17) is 9.47 Å². The maximum absolute atomic E-state index is 12.8. The minimum atomic E-state index is -0.705. The number of carbonyl (C=O) groups is 2. The third kappa shape index (κ3) is 2.57. The number of likely N-dealkylation sites (tertiary alicyclic amines) is 1. The van der Waals surface area contributed by atoms with Gasteiger partial charge < -0.3 is 19.3 Å². The first kappa shape index (κ1) is 15.8. The van der Waals surface area contributed by atoms with Gasteiger partial charge in [-0.15, -0.1) is 0 Å². The van der Waals surface area contributed by atoms with Crippen LogP contribution in [0.4, 0.5) is 5.69 Å². The van der Waals surface area contributed by atoms with Gasteiger partial charge in [0.2, 0.25) is 0 Å². The molecule has 6 nitrogen and oxygen atoms in total. The second-order valence-corrected chi connectivity index (χ2v) is 6.49. The van der Waals surface area contributed by atoms with Crippen molar-refractivity contribution in [2.75, 3.05) is 52.4 Å². The van der Waals surface area contributed by atoms with Crippen molar-refractivity contribution in [2.24, 2.45) is 11.3 Å². The summed E-state index contributed by atoms with van der Waals surface area (Å²) in [7, 11) is 5.26. The molecule has 2 saturated heterocycles. The highest BCUT2D eigenvalue weighted by molar-refractivity contribution is 5.96. The minimum Gasteiger partial charge on any atom is -0.468 e. The molecule has 0 radical (unpaired) electrons. The van der Waals surface area contributed by atoms with Crippen LogP contribution in [0.1, 0.15) is 10.4 Å².